The second-order valence-electron chi connectivity index (χ2n) is 6.38. The zero-order valence-corrected chi connectivity index (χ0v) is 13.9. The van der Waals surface area contributed by atoms with Gasteiger partial charge < -0.3 is 10.1 Å². The summed E-state index contributed by atoms with van der Waals surface area (Å²) in [6.45, 7) is 10.5. The Bertz CT molecular complexity index is 682. The number of hydrogen-bond donors (Lipinski definition) is 1. The summed E-state index contributed by atoms with van der Waals surface area (Å²) in [5.41, 5.74) is 2.54. The molecule has 0 saturated heterocycles. The van der Waals surface area contributed by atoms with E-state index in [1.54, 1.807) is 6.08 Å². The third-order valence-electron chi connectivity index (χ3n) is 3.51. The van der Waals surface area contributed by atoms with Gasteiger partial charge in [0.05, 0.1) is 5.69 Å². The van der Waals surface area contributed by atoms with E-state index in [9.17, 15) is 4.79 Å². The van der Waals surface area contributed by atoms with Crippen molar-refractivity contribution in [1.82, 2.24) is 0 Å². The maximum Gasteiger partial charge on any atom is 0.255 e. The quantitative estimate of drug-likeness (QED) is 0.806. The molecule has 0 heterocycles. The van der Waals surface area contributed by atoms with Crippen LogP contribution in [0.25, 0.3) is 0 Å². The van der Waals surface area contributed by atoms with Gasteiger partial charge in [-0.2, -0.15) is 0 Å². The predicted octanol–water partition coefficient (Wildman–Crippen LogP) is 4.80. The number of amides is 1. The third-order valence-corrected chi connectivity index (χ3v) is 3.51. The number of nitrogens with one attached hydrogen (secondary N) is 1. The van der Waals surface area contributed by atoms with Crippen molar-refractivity contribution in [1.29, 1.82) is 0 Å². The molecule has 1 N–H and O–H groups in total. The first-order chi connectivity index (χ1) is 10.9. The fourth-order valence-corrected chi connectivity index (χ4v) is 2.16. The molecule has 0 spiro atoms. The Hall–Kier alpha value is -2.55. The Morgan fingerprint density at radius 2 is 1.78 bits per heavy atom. The fraction of sp³-hybridized carbons (Fsp3) is 0.250. The Balaban J connectivity index is 2.15. The van der Waals surface area contributed by atoms with Crippen LogP contribution in [0, 0.1) is 0 Å². The monoisotopic (exact) mass is 309 g/mol. The lowest BCUT2D eigenvalue weighted by Crippen LogP contribution is -2.15. The third kappa shape index (κ3) is 4.46. The Labute approximate surface area is 138 Å². The molecule has 120 valence electrons. The minimum absolute atomic E-state index is 0.0696. The summed E-state index contributed by atoms with van der Waals surface area (Å²) in [6.07, 6.45) is 1.67. The molecule has 0 aliphatic carbocycles. The molecule has 0 fully saturated rings. The number of anilines is 1. The number of rotatable bonds is 5. The van der Waals surface area contributed by atoms with E-state index >= 15 is 0 Å². The molecule has 0 aliphatic heterocycles. The van der Waals surface area contributed by atoms with Crippen LogP contribution >= 0.6 is 0 Å². The molecule has 2 rings (SSSR count). The molecule has 0 aliphatic rings. The Morgan fingerprint density at radius 1 is 1.13 bits per heavy atom. The van der Waals surface area contributed by atoms with Crippen molar-refractivity contribution >= 4 is 11.6 Å². The molecule has 0 saturated carbocycles. The molecule has 2 aromatic carbocycles. The van der Waals surface area contributed by atoms with Gasteiger partial charge in [0, 0.05) is 5.56 Å². The molecular formula is C20H23NO2. The second kappa shape index (κ2) is 7.14. The van der Waals surface area contributed by atoms with Gasteiger partial charge in [-0.15, -0.1) is 0 Å². The van der Waals surface area contributed by atoms with E-state index in [4.69, 9.17) is 4.74 Å². The molecule has 1 amide bonds. The van der Waals surface area contributed by atoms with Crippen LogP contribution in [0.1, 0.15) is 36.7 Å². The lowest BCUT2D eigenvalue weighted by atomic mass is 9.87. The van der Waals surface area contributed by atoms with Gasteiger partial charge in [-0.25, -0.2) is 0 Å². The number of benzene rings is 2. The highest BCUT2D eigenvalue weighted by Crippen LogP contribution is 2.25. The molecule has 0 atom stereocenters. The van der Waals surface area contributed by atoms with Crippen molar-refractivity contribution in [3.05, 3.63) is 72.3 Å². The SMILES string of the molecule is C=CCOc1ccccc1NC(=O)c1ccc(C(C)(C)C)cc1. The standard InChI is InChI=1S/C20H23NO2/c1-5-14-23-18-9-7-6-8-17(18)21-19(22)15-10-12-16(13-11-15)20(2,3)4/h5-13H,1,14H2,2-4H3,(H,21,22). The van der Waals surface area contributed by atoms with Gasteiger partial charge in [0.15, 0.2) is 0 Å². The highest BCUT2D eigenvalue weighted by Gasteiger charge is 2.15. The molecule has 0 unspecified atom stereocenters. The average molecular weight is 309 g/mol. The largest absolute Gasteiger partial charge is 0.487 e. The molecule has 2 aromatic rings. The number of ether oxygens (including phenoxy) is 1. The number of carbonyl (C=O) groups excluding carboxylic acids is 1. The lowest BCUT2D eigenvalue weighted by Gasteiger charge is -2.19. The van der Waals surface area contributed by atoms with Crippen LogP contribution in [0.4, 0.5) is 5.69 Å². The summed E-state index contributed by atoms with van der Waals surface area (Å²) in [4.78, 5) is 12.4. The molecule has 3 nitrogen and oxygen atoms in total. The summed E-state index contributed by atoms with van der Waals surface area (Å²) in [5.74, 6) is 0.479. The van der Waals surface area contributed by atoms with E-state index in [2.05, 4.69) is 32.7 Å². The molecule has 23 heavy (non-hydrogen) atoms. The minimum Gasteiger partial charge on any atom is -0.487 e. The van der Waals surface area contributed by atoms with Crippen LogP contribution < -0.4 is 10.1 Å². The van der Waals surface area contributed by atoms with Crippen LogP contribution in [-0.2, 0) is 5.41 Å². The normalized spacial score (nSPS) is 10.9. The highest BCUT2D eigenvalue weighted by molar-refractivity contribution is 6.05. The van der Waals surface area contributed by atoms with Crippen molar-refractivity contribution in [2.45, 2.75) is 26.2 Å². The van der Waals surface area contributed by atoms with Crippen molar-refractivity contribution in [3.63, 3.8) is 0 Å². The molecule has 0 bridgehead atoms. The Kier molecular flexibility index (Phi) is 5.22. The van der Waals surface area contributed by atoms with Crippen LogP contribution in [0.3, 0.4) is 0 Å². The van der Waals surface area contributed by atoms with E-state index in [0.717, 1.165) is 0 Å². The summed E-state index contributed by atoms with van der Waals surface area (Å²) in [6, 6.07) is 15.1. The predicted molar refractivity (Wildman–Crippen MR) is 95.2 cm³/mol. The lowest BCUT2D eigenvalue weighted by molar-refractivity contribution is 0.102. The minimum atomic E-state index is -0.153. The highest BCUT2D eigenvalue weighted by atomic mass is 16.5. The first-order valence-electron chi connectivity index (χ1n) is 7.66. The summed E-state index contributed by atoms with van der Waals surface area (Å²) in [7, 11) is 0. The summed E-state index contributed by atoms with van der Waals surface area (Å²) < 4.78 is 5.55. The van der Waals surface area contributed by atoms with Crippen LogP contribution in [0.15, 0.2) is 61.2 Å². The zero-order chi connectivity index (χ0) is 16.9. The van der Waals surface area contributed by atoms with Gasteiger partial charge in [-0.3, -0.25) is 4.79 Å². The first-order valence-corrected chi connectivity index (χ1v) is 7.66. The van der Waals surface area contributed by atoms with Crippen molar-refractivity contribution in [3.8, 4) is 5.75 Å². The smallest absolute Gasteiger partial charge is 0.255 e. The zero-order valence-electron chi connectivity index (χ0n) is 13.9. The van der Waals surface area contributed by atoms with Crippen molar-refractivity contribution in [2.24, 2.45) is 0 Å². The van der Waals surface area contributed by atoms with Crippen LogP contribution in [-0.4, -0.2) is 12.5 Å². The second-order valence-corrected chi connectivity index (χ2v) is 6.38. The van der Waals surface area contributed by atoms with Gasteiger partial charge in [-0.1, -0.05) is 57.7 Å². The summed E-state index contributed by atoms with van der Waals surface area (Å²) >= 11 is 0. The van der Waals surface area contributed by atoms with E-state index in [-0.39, 0.29) is 11.3 Å². The molecular weight excluding hydrogens is 286 g/mol. The van der Waals surface area contributed by atoms with Crippen molar-refractivity contribution < 1.29 is 9.53 Å². The van der Waals surface area contributed by atoms with E-state index in [1.807, 2.05) is 48.5 Å². The Morgan fingerprint density at radius 3 is 2.39 bits per heavy atom. The van der Waals surface area contributed by atoms with E-state index in [1.165, 1.54) is 5.56 Å². The average Bonchev–Trinajstić information content (AvgIpc) is 2.53. The van der Waals surface area contributed by atoms with Gasteiger partial charge in [0.25, 0.3) is 5.91 Å². The summed E-state index contributed by atoms with van der Waals surface area (Å²) in [5, 5.41) is 2.90. The van der Waals surface area contributed by atoms with Gasteiger partial charge in [-0.05, 0) is 35.2 Å². The number of para-hydroxylation sites is 2. The van der Waals surface area contributed by atoms with Crippen LogP contribution in [0.5, 0.6) is 5.75 Å². The topological polar surface area (TPSA) is 38.3 Å². The van der Waals surface area contributed by atoms with Crippen molar-refractivity contribution in [2.75, 3.05) is 11.9 Å². The van der Waals surface area contributed by atoms with E-state index < -0.39 is 0 Å². The number of carbonyl (C=O) groups is 1. The fourth-order valence-electron chi connectivity index (χ4n) is 2.16. The maximum absolute atomic E-state index is 12.4. The van der Waals surface area contributed by atoms with Gasteiger partial charge in [0.1, 0.15) is 12.4 Å². The van der Waals surface area contributed by atoms with E-state index in [0.29, 0.717) is 23.6 Å². The molecule has 3 heteroatoms. The molecule has 0 radical (unpaired) electrons. The maximum atomic E-state index is 12.4. The first kappa shape index (κ1) is 16.8. The molecule has 0 aromatic heterocycles. The number of hydrogen-bond acceptors (Lipinski definition) is 2. The van der Waals surface area contributed by atoms with Gasteiger partial charge in [0.2, 0.25) is 0 Å². The van der Waals surface area contributed by atoms with Gasteiger partial charge >= 0.3 is 0 Å². The van der Waals surface area contributed by atoms with Crippen LogP contribution in [0.2, 0.25) is 0 Å².